The van der Waals surface area contributed by atoms with E-state index < -0.39 is 0 Å². The average molecular weight is 253 g/mol. The predicted molar refractivity (Wildman–Crippen MR) is 70.5 cm³/mol. The van der Waals surface area contributed by atoms with Crippen molar-refractivity contribution in [2.45, 2.75) is 52.6 Å². The van der Waals surface area contributed by atoms with Crippen molar-refractivity contribution in [1.82, 2.24) is 15.1 Å². The fourth-order valence-electron chi connectivity index (χ4n) is 1.68. The number of aromatic nitrogens is 2. The maximum atomic E-state index is 11.6. The Labute approximate surface area is 109 Å². The van der Waals surface area contributed by atoms with Gasteiger partial charge in [-0.3, -0.25) is 9.48 Å². The number of rotatable bonds is 8. The molecule has 0 unspecified atom stereocenters. The van der Waals surface area contributed by atoms with Gasteiger partial charge in [-0.15, -0.1) is 0 Å². The Kier molecular flexibility index (Phi) is 6.25. The normalized spacial score (nSPS) is 10.7. The molecule has 1 heterocycles. The summed E-state index contributed by atoms with van der Waals surface area (Å²) in [6.45, 7) is 7.12. The Balaban J connectivity index is 2.32. The molecule has 0 saturated heterocycles. The van der Waals surface area contributed by atoms with Gasteiger partial charge in [0, 0.05) is 12.6 Å². The lowest BCUT2D eigenvalue weighted by atomic mass is 10.2. The third-order valence-corrected chi connectivity index (χ3v) is 2.78. The standard InChI is InChI=1S/C13H23N3O2/c1-4-7-16-9-12(8-14-16)18-10-13(17)15-11(5-2)6-3/h8-9,11H,4-7,10H2,1-3H3,(H,15,17). The van der Waals surface area contributed by atoms with Gasteiger partial charge in [0.15, 0.2) is 12.4 Å². The Morgan fingerprint density at radius 1 is 1.44 bits per heavy atom. The highest BCUT2D eigenvalue weighted by Crippen LogP contribution is 2.08. The smallest absolute Gasteiger partial charge is 0.258 e. The Morgan fingerprint density at radius 2 is 2.17 bits per heavy atom. The zero-order valence-electron chi connectivity index (χ0n) is 11.5. The minimum atomic E-state index is -0.0769. The van der Waals surface area contributed by atoms with Gasteiger partial charge in [0.05, 0.1) is 12.4 Å². The molecule has 0 aromatic carbocycles. The van der Waals surface area contributed by atoms with Crippen LogP contribution in [0.25, 0.3) is 0 Å². The van der Waals surface area contributed by atoms with Crippen LogP contribution in [0.2, 0.25) is 0 Å². The molecule has 0 atom stereocenters. The summed E-state index contributed by atoms with van der Waals surface area (Å²) in [6.07, 6.45) is 6.36. The second-order valence-electron chi connectivity index (χ2n) is 4.31. The van der Waals surface area contributed by atoms with E-state index in [-0.39, 0.29) is 18.6 Å². The molecule has 0 bridgehead atoms. The molecule has 102 valence electrons. The van der Waals surface area contributed by atoms with Gasteiger partial charge < -0.3 is 10.1 Å². The monoisotopic (exact) mass is 253 g/mol. The minimum absolute atomic E-state index is 0.0499. The van der Waals surface area contributed by atoms with E-state index in [4.69, 9.17) is 4.74 Å². The van der Waals surface area contributed by atoms with Gasteiger partial charge in [-0.05, 0) is 19.3 Å². The van der Waals surface area contributed by atoms with E-state index in [1.807, 2.05) is 10.9 Å². The zero-order chi connectivity index (χ0) is 13.4. The molecule has 0 aliphatic carbocycles. The summed E-state index contributed by atoms with van der Waals surface area (Å²) in [5, 5.41) is 7.06. The highest BCUT2D eigenvalue weighted by atomic mass is 16.5. The lowest BCUT2D eigenvalue weighted by Crippen LogP contribution is -2.37. The first-order valence-electron chi connectivity index (χ1n) is 6.64. The fourth-order valence-corrected chi connectivity index (χ4v) is 1.68. The van der Waals surface area contributed by atoms with E-state index >= 15 is 0 Å². The molecule has 0 aliphatic rings. The molecule has 0 saturated carbocycles. The molecular formula is C13H23N3O2. The lowest BCUT2D eigenvalue weighted by molar-refractivity contribution is -0.123. The highest BCUT2D eigenvalue weighted by molar-refractivity contribution is 5.77. The zero-order valence-corrected chi connectivity index (χ0v) is 11.5. The molecule has 0 aliphatic heterocycles. The van der Waals surface area contributed by atoms with Crippen LogP contribution in [0.1, 0.15) is 40.0 Å². The van der Waals surface area contributed by atoms with Crippen molar-refractivity contribution >= 4 is 5.91 Å². The maximum absolute atomic E-state index is 11.6. The fraction of sp³-hybridized carbons (Fsp3) is 0.692. The number of carbonyl (C=O) groups is 1. The lowest BCUT2D eigenvalue weighted by Gasteiger charge is -2.14. The first kappa shape index (κ1) is 14.5. The van der Waals surface area contributed by atoms with Crippen molar-refractivity contribution in [2.75, 3.05) is 6.61 Å². The van der Waals surface area contributed by atoms with Crippen LogP contribution in [0.4, 0.5) is 0 Å². The number of aryl methyl sites for hydroxylation is 1. The average Bonchev–Trinajstić information content (AvgIpc) is 2.82. The second kappa shape index (κ2) is 7.74. The molecule has 1 aromatic heterocycles. The molecule has 5 nitrogen and oxygen atoms in total. The maximum Gasteiger partial charge on any atom is 0.258 e. The van der Waals surface area contributed by atoms with Crippen LogP contribution in [0.5, 0.6) is 5.75 Å². The van der Waals surface area contributed by atoms with Crippen LogP contribution in [0.3, 0.4) is 0 Å². The topological polar surface area (TPSA) is 56.1 Å². The minimum Gasteiger partial charge on any atom is -0.480 e. The number of nitrogens with zero attached hydrogens (tertiary/aromatic N) is 2. The number of amides is 1. The molecule has 0 radical (unpaired) electrons. The van der Waals surface area contributed by atoms with Crippen LogP contribution in [0.15, 0.2) is 12.4 Å². The Hall–Kier alpha value is -1.52. The Morgan fingerprint density at radius 3 is 2.78 bits per heavy atom. The van der Waals surface area contributed by atoms with Crippen LogP contribution >= 0.6 is 0 Å². The van der Waals surface area contributed by atoms with E-state index in [1.54, 1.807) is 6.20 Å². The second-order valence-corrected chi connectivity index (χ2v) is 4.31. The number of carbonyl (C=O) groups excluding carboxylic acids is 1. The van der Waals surface area contributed by atoms with Crippen LogP contribution in [-0.2, 0) is 11.3 Å². The number of hydrogen-bond acceptors (Lipinski definition) is 3. The van der Waals surface area contributed by atoms with Crippen molar-refractivity contribution in [1.29, 1.82) is 0 Å². The van der Waals surface area contributed by atoms with Crippen molar-refractivity contribution in [3.8, 4) is 5.75 Å². The number of ether oxygens (including phenoxy) is 1. The van der Waals surface area contributed by atoms with Crippen LogP contribution in [0, 0.1) is 0 Å². The summed E-state index contributed by atoms with van der Waals surface area (Å²) in [6, 6.07) is 0.240. The van der Waals surface area contributed by atoms with E-state index in [0.29, 0.717) is 5.75 Å². The molecule has 1 N–H and O–H groups in total. The van der Waals surface area contributed by atoms with Crippen molar-refractivity contribution in [3.63, 3.8) is 0 Å². The van der Waals surface area contributed by atoms with Crippen molar-refractivity contribution in [3.05, 3.63) is 12.4 Å². The summed E-state index contributed by atoms with van der Waals surface area (Å²) < 4.78 is 7.20. The molecular weight excluding hydrogens is 230 g/mol. The molecule has 1 amide bonds. The van der Waals surface area contributed by atoms with Gasteiger partial charge in [0.1, 0.15) is 0 Å². The first-order chi connectivity index (χ1) is 8.69. The molecule has 1 aromatic rings. The quantitative estimate of drug-likeness (QED) is 0.770. The van der Waals surface area contributed by atoms with Gasteiger partial charge in [0.2, 0.25) is 0 Å². The van der Waals surface area contributed by atoms with Crippen molar-refractivity contribution < 1.29 is 9.53 Å². The molecule has 0 spiro atoms. The summed E-state index contributed by atoms with van der Waals surface area (Å²) in [5.74, 6) is 0.565. The number of nitrogens with one attached hydrogen (secondary N) is 1. The third kappa shape index (κ3) is 4.77. The first-order valence-corrected chi connectivity index (χ1v) is 6.64. The third-order valence-electron chi connectivity index (χ3n) is 2.78. The summed E-state index contributed by atoms with van der Waals surface area (Å²) in [4.78, 5) is 11.6. The van der Waals surface area contributed by atoms with Crippen LogP contribution in [-0.4, -0.2) is 28.3 Å². The van der Waals surface area contributed by atoms with Gasteiger partial charge in [-0.2, -0.15) is 5.10 Å². The van der Waals surface area contributed by atoms with E-state index in [0.717, 1.165) is 25.8 Å². The summed E-state index contributed by atoms with van der Waals surface area (Å²) in [7, 11) is 0. The van der Waals surface area contributed by atoms with Gasteiger partial charge in [-0.1, -0.05) is 20.8 Å². The molecule has 5 heteroatoms. The highest BCUT2D eigenvalue weighted by Gasteiger charge is 2.09. The van der Waals surface area contributed by atoms with Gasteiger partial charge in [0.25, 0.3) is 5.91 Å². The van der Waals surface area contributed by atoms with Gasteiger partial charge in [-0.25, -0.2) is 0 Å². The molecule has 18 heavy (non-hydrogen) atoms. The van der Waals surface area contributed by atoms with E-state index in [2.05, 4.69) is 31.2 Å². The largest absolute Gasteiger partial charge is 0.480 e. The van der Waals surface area contributed by atoms with Crippen molar-refractivity contribution in [2.24, 2.45) is 0 Å². The van der Waals surface area contributed by atoms with Gasteiger partial charge >= 0.3 is 0 Å². The van der Waals surface area contributed by atoms with E-state index in [1.165, 1.54) is 0 Å². The summed E-state index contributed by atoms with van der Waals surface area (Å²) >= 11 is 0. The summed E-state index contributed by atoms with van der Waals surface area (Å²) in [5.41, 5.74) is 0. The van der Waals surface area contributed by atoms with Crippen LogP contribution < -0.4 is 10.1 Å². The SMILES string of the molecule is CCCn1cc(OCC(=O)NC(CC)CC)cn1. The predicted octanol–water partition coefficient (Wildman–Crippen LogP) is 1.98. The van der Waals surface area contributed by atoms with E-state index in [9.17, 15) is 4.79 Å². The number of hydrogen-bond donors (Lipinski definition) is 1. The Bertz CT molecular complexity index is 359. The molecule has 0 fully saturated rings. The molecule has 1 rings (SSSR count).